The van der Waals surface area contributed by atoms with Crippen molar-refractivity contribution in [3.05, 3.63) is 63.1 Å². The lowest BCUT2D eigenvalue weighted by Crippen LogP contribution is -2.12. The first-order chi connectivity index (χ1) is 9.60. The molecule has 0 saturated carbocycles. The summed E-state index contributed by atoms with van der Waals surface area (Å²) in [5.74, 6) is -0.187. The van der Waals surface area contributed by atoms with Gasteiger partial charge in [0.25, 0.3) is 5.91 Å². The highest BCUT2D eigenvalue weighted by Crippen LogP contribution is 2.22. The number of anilines is 1. The molecular weight excluding hydrogens is 405 g/mol. The van der Waals surface area contributed by atoms with Gasteiger partial charge in [0, 0.05) is 20.5 Å². The second-order valence-corrected chi connectivity index (χ2v) is 6.30. The average molecular weight is 418 g/mol. The highest BCUT2D eigenvalue weighted by molar-refractivity contribution is 9.10. The summed E-state index contributed by atoms with van der Waals surface area (Å²) in [6.07, 6.45) is 0.966. The number of alkyl halides is 1. The number of halogens is 3. The van der Waals surface area contributed by atoms with Crippen LogP contribution >= 0.6 is 43.5 Å². The van der Waals surface area contributed by atoms with Crippen LogP contribution in [0, 0.1) is 0 Å². The van der Waals surface area contributed by atoms with Crippen LogP contribution in [0.25, 0.3) is 0 Å². The van der Waals surface area contributed by atoms with Gasteiger partial charge >= 0.3 is 0 Å². The molecule has 0 aliphatic heterocycles. The van der Waals surface area contributed by atoms with Crippen molar-refractivity contribution in [1.29, 1.82) is 0 Å². The molecule has 5 heteroatoms. The van der Waals surface area contributed by atoms with Gasteiger partial charge in [0.15, 0.2) is 0 Å². The van der Waals surface area contributed by atoms with E-state index in [1.165, 1.54) is 5.56 Å². The molecule has 0 aromatic heterocycles. The molecule has 2 nitrogen and oxygen atoms in total. The van der Waals surface area contributed by atoms with E-state index in [2.05, 4.69) is 37.2 Å². The molecule has 0 unspecified atom stereocenters. The summed E-state index contributed by atoms with van der Waals surface area (Å²) < 4.78 is 0.718. The van der Waals surface area contributed by atoms with E-state index in [4.69, 9.17) is 11.6 Å². The summed E-state index contributed by atoms with van der Waals surface area (Å²) in [7, 11) is 0. The molecule has 0 aliphatic carbocycles. The van der Waals surface area contributed by atoms with E-state index < -0.39 is 0 Å². The molecule has 104 valence electrons. The molecule has 0 bridgehead atoms. The molecule has 0 atom stereocenters. The number of nitrogens with one attached hydrogen (secondary N) is 1. The SMILES string of the molecule is O=C(Nc1ccc(CCBr)cc1)c1cc(Cl)ccc1Br. The van der Waals surface area contributed by atoms with Crippen LogP contribution in [0.15, 0.2) is 46.9 Å². The zero-order chi connectivity index (χ0) is 14.5. The minimum atomic E-state index is -0.187. The third kappa shape index (κ3) is 4.08. The predicted octanol–water partition coefficient (Wildman–Crippen LogP) is 5.29. The zero-order valence-electron chi connectivity index (χ0n) is 10.5. The van der Waals surface area contributed by atoms with Crippen LogP contribution in [0.2, 0.25) is 5.02 Å². The predicted molar refractivity (Wildman–Crippen MR) is 91.0 cm³/mol. The fraction of sp³-hybridized carbons (Fsp3) is 0.133. The topological polar surface area (TPSA) is 29.1 Å². The van der Waals surface area contributed by atoms with Gasteiger partial charge in [0.1, 0.15) is 0 Å². The minimum absolute atomic E-state index is 0.187. The fourth-order valence-electron chi connectivity index (χ4n) is 1.73. The van der Waals surface area contributed by atoms with E-state index in [1.807, 2.05) is 24.3 Å². The molecule has 0 aliphatic rings. The maximum Gasteiger partial charge on any atom is 0.256 e. The maximum atomic E-state index is 12.2. The van der Waals surface area contributed by atoms with E-state index in [-0.39, 0.29) is 5.91 Å². The molecule has 0 spiro atoms. The van der Waals surface area contributed by atoms with Gasteiger partial charge in [-0.1, -0.05) is 39.7 Å². The van der Waals surface area contributed by atoms with E-state index in [0.29, 0.717) is 10.6 Å². The second-order valence-electron chi connectivity index (χ2n) is 4.21. The van der Waals surface area contributed by atoms with E-state index >= 15 is 0 Å². The van der Waals surface area contributed by atoms with Crippen LogP contribution in [0.3, 0.4) is 0 Å². The number of aryl methyl sites for hydroxylation is 1. The molecule has 2 aromatic rings. The summed E-state index contributed by atoms with van der Waals surface area (Å²) in [6.45, 7) is 0. The third-order valence-electron chi connectivity index (χ3n) is 2.77. The zero-order valence-corrected chi connectivity index (χ0v) is 14.4. The number of hydrogen-bond acceptors (Lipinski definition) is 1. The van der Waals surface area contributed by atoms with Gasteiger partial charge in [-0.25, -0.2) is 0 Å². The maximum absolute atomic E-state index is 12.2. The van der Waals surface area contributed by atoms with E-state index in [0.717, 1.165) is 21.9 Å². The van der Waals surface area contributed by atoms with Gasteiger partial charge in [-0.2, -0.15) is 0 Å². The highest BCUT2D eigenvalue weighted by Gasteiger charge is 2.10. The van der Waals surface area contributed by atoms with Crippen LogP contribution in [0.5, 0.6) is 0 Å². The number of carbonyl (C=O) groups excluding carboxylic acids is 1. The lowest BCUT2D eigenvalue weighted by Gasteiger charge is -2.08. The summed E-state index contributed by atoms with van der Waals surface area (Å²) in [5, 5.41) is 4.31. The summed E-state index contributed by atoms with van der Waals surface area (Å²) in [6, 6.07) is 12.9. The summed E-state index contributed by atoms with van der Waals surface area (Å²) in [5.41, 5.74) is 2.51. The Morgan fingerprint density at radius 2 is 1.85 bits per heavy atom. The van der Waals surface area contributed by atoms with Crippen molar-refractivity contribution < 1.29 is 4.79 Å². The lowest BCUT2D eigenvalue weighted by atomic mass is 10.1. The molecule has 0 fully saturated rings. The molecule has 0 heterocycles. The van der Waals surface area contributed by atoms with Crippen molar-refractivity contribution in [2.24, 2.45) is 0 Å². The second kappa shape index (κ2) is 7.25. The first-order valence-corrected chi connectivity index (χ1v) is 8.30. The number of benzene rings is 2. The van der Waals surface area contributed by atoms with Crippen molar-refractivity contribution >= 4 is 55.1 Å². The Bertz CT molecular complexity index is 614. The molecule has 1 N–H and O–H groups in total. The van der Waals surface area contributed by atoms with Crippen molar-refractivity contribution in [1.82, 2.24) is 0 Å². The monoisotopic (exact) mass is 415 g/mol. The molecular formula is C15H12Br2ClNO. The first kappa shape index (κ1) is 15.5. The smallest absolute Gasteiger partial charge is 0.256 e. The number of carbonyl (C=O) groups is 1. The van der Waals surface area contributed by atoms with Gasteiger partial charge in [-0.15, -0.1) is 0 Å². The number of rotatable bonds is 4. The normalized spacial score (nSPS) is 10.3. The summed E-state index contributed by atoms with van der Waals surface area (Å²) >= 11 is 12.7. The molecule has 0 saturated heterocycles. The van der Waals surface area contributed by atoms with Gasteiger partial charge < -0.3 is 5.32 Å². The van der Waals surface area contributed by atoms with Crippen molar-refractivity contribution in [2.75, 3.05) is 10.6 Å². The Labute approximate surface area is 139 Å². The van der Waals surface area contributed by atoms with Gasteiger partial charge in [-0.05, 0) is 58.2 Å². The molecule has 2 rings (SSSR count). The standard InChI is InChI=1S/C15H12Br2ClNO/c16-8-7-10-1-4-12(5-2-10)19-15(20)13-9-11(18)3-6-14(13)17/h1-6,9H,7-8H2,(H,19,20). The molecule has 20 heavy (non-hydrogen) atoms. The van der Waals surface area contributed by atoms with Crippen LogP contribution in [-0.4, -0.2) is 11.2 Å². The fourth-order valence-corrected chi connectivity index (χ4v) is 2.79. The van der Waals surface area contributed by atoms with Crippen LogP contribution in [-0.2, 0) is 6.42 Å². The Balaban J connectivity index is 2.13. The Kier molecular flexibility index (Phi) is 5.64. The van der Waals surface area contributed by atoms with E-state index in [9.17, 15) is 4.79 Å². The largest absolute Gasteiger partial charge is 0.322 e. The minimum Gasteiger partial charge on any atom is -0.322 e. The van der Waals surface area contributed by atoms with E-state index in [1.54, 1.807) is 18.2 Å². The number of amides is 1. The summed E-state index contributed by atoms with van der Waals surface area (Å²) in [4.78, 5) is 12.2. The average Bonchev–Trinajstić information content (AvgIpc) is 2.44. The number of hydrogen-bond donors (Lipinski definition) is 1. The Hall–Kier alpha value is -0.840. The highest BCUT2D eigenvalue weighted by atomic mass is 79.9. The first-order valence-electron chi connectivity index (χ1n) is 6.01. The van der Waals surface area contributed by atoms with Gasteiger partial charge in [-0.3, -0.25) is 4.79 Å². The van der Waals surface area contributed by atoms with Gasteiger partial charge in [0.2, 0.25) is 0 Å². The van der Waals surface area contributed by atoms with Crippen molar-refractivity contribution in [2.45, 2.75) is 6.42 Å². The van der Waals surface area contributed by atoms with Crippen molar-refractivity contribution in [3.63, 3.8) is 0 Å². The van der Waals surface area contributed by atoms with Crippen LogP contribution < -0.4 is 5.32 Å². The van der Waals surface area contributed by atoms with Crippen molar-refractivity contribution in [3.8, 4) is 0 Å². The molecule has 2 aromatic carbocycles. The van der Waals surface area contributed by atoms with Crippen LogP contribution in [0.1, 0.15) is 15.9 Å². The Morgan fingerprint density at radius 1 is 1.15 bits per heavy atom. The quantitative estimate of drug-likeness (QED) is 0.673. The molecule has 1 amide bonds. The lowest BCUT2D eigenvalue weighted by molar-refractivity contribution is 0.102. The molecule has 0 radical (unpaired) electrons. The Morgan fingerprint density at radius 3 is 2.50 bits per heavy atom. The van der Waals surface area contributed by atoms with Crippen LogP contribution in [0.4, 0.5) is 5.69 Å². The third-order valence-corrected chi connectivity index (χ3v) is 4.09. The van der Waals surface area contributed by atoms with Gasteiger partial charge in [0.05, 0.1) is 5.56 Å².